The molecule has 3 rings (SSSR count). The Bertz CT molecular complexity index is 848. The van der Waals surface area contributed by atoms with Crippen LogP contribution in [-0.4, -0.2) is 9.55 Å². The lowest BCUT2D eigenvalue weighted by Gasteiger charge is -2.09. The minimum Gasteiger partial charge on any atom is -0.330 e. The molecule has 2 nitrogen and oxygen atoms in total. The van der Waals surface area contributed by atoms with Crippen molar-refractivity contribution in [3.8, 4) is 0 Å². The van der Waals surface area contributed by atoms with Crippen LogP contribution in [0.1, 0.15) is 17.0 Å². The van der Waals surface area contributed by atoms with E-state index < -0.39 is 11.6 Å². The van der Waals surface area contributed by atoms with Crippen molar-refractivity contribution in [2.24, 2.45) is 0 Å². The van der Waals surface area contributed by atoms with Gasteiger partial charge < -0.3 is 4.57 Å². The van der Waals surface area contributed by atoms with Crippen LogP contribution < -0.4 is 0 Å². The third kappa shape index (κ3) is 3.79. The summed E-state index contributed by atoms with van der Waals surface area (Å²) in [6.45, 7) is 0.302. The van der Waals surface area contributed by atoms with Gasteiger partial charge in [-0.3, -0.25) is 0 Å². The van der Waals surface area contributed by atoms with Crippen LogP contribution >= 0.6 is 27.5 Å². The SMILES string of the molecule is Fc1ccc(Cn2ccnc2Cc2ccc(Cl)c(Br)c2)c(F)c1. The van der Waals surface area contributed by atoms with Gasteiger partial charge in [0.2, 0.25) is 0 Å². The monoisotopic (exact) mass is 396 g/mol. The Hall–Kier alpha value is -1.72. The number of rotatable bonds is 4. The Morgan fingerprint density at radius 1 is 1.13 bits per heavy atom. The first kappa shape index (κ1) is 16.1. The molecule has 1 heterocycles. The standard InChI is InChI=1S/C17H12BrClF2N2/c18-14-7-11(1-4-15(14)19)8-17-22-5-6-23(17)10-12-2-3-13(20)9-16(12)21/h1-7,9H,8,10H2. The molecule has 0 aliphatic carbocycles. The van der Waals surface area contributed by atoms with E-state index in [0.717, 1.165) is 21.9 Å². The minimum absolute atomic E-state index is 0.302. The maximum absolute atomic E-state index is 13.8. The number of nitrogens with zero attached hydrogens (tertiary/aromatic N) is 2. The molecule has 0 saturated carbocycles. The van der Waals surface area contributed by atoms with E-state index in [-0.39, 0.29) is 0 Å². The van der Waals surface area contributed by atoms with Gasteiger partial charge >= 0.3 is 0 Å². The smallest absolute Gasteiger partial charge is 0.131 e. The van der Waals surface area contributed by atoms with Crippen molar-refractivity contribution in [1.82, 2.24) is 9.55 Å². The topological polar surface area (TPSA) is 17.8 Å². The summed E-state index contributed by atoms with van der Waals surface area (Å²) in [6.07, 6.45) is 4.04. The van der Waals surface area contributed by atoms with Gasteiger partial charge in [-0.1, -0.05) is 23.7 Å². The predicted molar refractivity (Wildman–Crippen MR) is 89.6 cm³/mol. The van der Waals surface area contributed by atoms with E-state index in [1.54, 1.807) is 12.4 Å². The van der Waals surface area contributed by atoms with Crippen LogP contribution in [0.15, 0.2) is 53.3 Å². The van der Waals surface area contributed by atoms with Crippen molar-refractivity contribution < 1.29 is 8.78 Å². The Labute approximate surface area is 145 Å². The lowest BCUT2D eigenvalue weighted by Crippen LogP contribution is -2.07. The maximum Gasteiger partial charge on any atom is 0.131 e. The Morgan fingerprint density at radius 2 is 1.96 bits per heavy atom. The largest absolute Gasteiger partial charge is 0.330 e. The van der Waals surface area contributed by atoms with Crippen molar-refractivity contribution in [3.63, 3.8) is 0 Å². The van der Waals surface area contributed by atoms with E-state index in [9.17, 15) is 8.78 Å². The average molecular weight is 398 g/mol. The summed E-state index contributed by atoms with van der Waals surface area (Å²) in [5.41, 5.74) is 1.45. The van der Waals surface area contributed by atoms with Crippen LogP contribution in [0.2, 0.25) is 5.02 Å². The quantitative estimate of drug-likeness (QED) is 0.590. The van der Waals surface area contributed by atoms with Gasteiger partial charge in [0.05, 0.1) is 11.6 Å². The normalized spacial score (nSPS) is 11.0. The molecule has 0 bridgehead atoms. The first-order chi connectivity index (χ1) is 11.0. The highest BCUT2D eigenvalue weighted by atomic mass is 79.9. The van der Waals surface area contributed by atoms with E-state index in [2.05, 4.69) is 20.9 Å². The number of hydrogen-bond acceptors (Lipinski definition) is 1. The summed E-state index contributed by atoms with van der Waals surface area (Å²) in [5.74, 6) is -0.343. The molecule has 0 aliphatic rings. The fourth-order valence-corrected chi connectivity index (χ4v) is 2.86. The Kier molecular flexibility index (Phi) is 4.78. The number of aromatic nitrogens is 2. The second-order valence-corrected chi connectivity index (χ2v) is 6.39. The molecule has 3 aromatic rings. The first-order valence-electron chi connectivity index (χ1n) is 6.91. The van der Waals surface area contributed by atoms with Crippen LogP contribution in [0.4, 0.5) is 8.78 Å². The van der Waals surface area contributed by atoms with Crippen LogP contribution in [0.25, 0.3) is 0 Å². The van der Waals surface area contributed by atoms with E-state index in [1.807, 2.05) is 22.8 Å². The highest BCUT2D eigenvalue weighted by Crippen LogP contribution is 2.24. The van der Waals surface area contributed by atoms with Gasteiger partial charge in [-0.15, -0.1) is 0 Å². The van der Waals surface area contributed by atoms with Gasteiger partial charge in [0.25, 0.3) is 0 Å². The van der Waals surface area contributed by atoms with Gasteiger partial charge in [0, 0.05) is 34.9 Å². The first-order valence-corrected chi connectivity index (χ1v) is 8.08. The molecule has 1 aromatic heterocycles. The Balaban J connectivity index is 1.83. The molecule has 0 unspecified atom stereocenters. The lowest BCUT2D eigenvalue weighted by atomic mass is 10.1. The molecule has 0 saturated heterocycles. The van der Waals surface area contributed by atoms with Gasteiger partial charge in [-0.05, 0) is 39.7 Å². The molecule has 23 heavy (non-hydrogen) atoms. The number of halogens is 4. The molecule has 0 fully saturated rings. The highest BCUT2D eigenvalue weighted by Gasteiger charge is 2.09. The third-order valence-corrected chi connectivity index (χ3v) is 4.72. The van der Waals surface area contributed by atoms with Crippen molar-refractivity contribution in [3.05, 3.63) is 86.9 Å². The van der Waals surface area contributed by atoms with Gasteiger partial charge in [0.1, 0.15) is 17.5 Å². The maximum atomic E-state index is 13.8. The van der Waals surface area contributed by atoms with Crippen LogP contribution in [-0.2, 0) is 13.0 Å². The average Bonchev–Trinajstić information content (AvgIpc) is 2.93. The zero-order chi connectivity index (χ0) is 16.4. The Morgan fingerprint density at radius 3 is 2.70 bits per heavy atom. The van der Waals surface area contributed by atoms with Crippen molar-refractivity contribution in [2.75, 3.05) is 0 Å². The second-order valence-electron chi connectivity index (χ2n) is 5.13. The summed E-state index contributed by atoms with van der Waals surface area (Å²) in [4.78, 5) is 4.33. The zero-order valence-electron chi connectivity index (χ0n) is 11.9. The fraction of sp³-hybridized carbons (Fsp3) is 0.118. The van der Waals surface area contributed by atoms with Gasteiger partial charge in [-0.25, -0.2) is 13.8 Å². The molecular formula is C17H12BrClF2N2. The molecule has 118 valence electrons. The van der Waals surface area contributed by atoms with E-state index in [0.29, 0.717) is 23.6 Å². The molecule has 0 amide bonds. The molecule has 2 aromatic carbocycles. The van der Waals surface area contributed by atoms with Crippen molar-refractivity contribution >= 4 is 27.5 Å². The molecule has 6 heteroatoms. The van der Waals surface area contributed by atoms with E-state index in [4.69, 9.17) is 11.6 Å². The van der Waals surface area contributed by atoms with Crippen LogP contribution in [0.5, 0.6) is 0 Å². The summed E-state index contributed by atoms with van der Waals surface area (Å²) in [7, 11) is 0. The molecule has 0 aliphatic heterocycles. The van der Waals surface area contributed by atoms with Gasteiger partial charge in [-0.2, -0.15) is 0 Å². The van der Waals surface area contributed by atoms with Gasteiger partial charge in [0.15, 0.2) is 0 Å². The molecule has 0 N–H and O–H groups in total. The molecular weight excluding hydrogens is 386 g/mol. The van der Waals surface area contributed by atoms with E-state index in [1.165, 1.54) is 12.1 Å². The molecule has 0 radical (unpaired) electrons. The number of benzene rings is 2. The molecule has 0 atom stereocenters. The van der Waals surface area contributed by atoms with E-state index >= 15 is 0 Å². The van der Waals surface area contributed by atoms with Crippen LogP contribution in [0, 0.1) is 11.6 Å². The highest BCUT2D eigenvalue weighted by molar-refractivity contribution is 9.10. The zero-order valence-corrected chi connectivity index (χ0v) is 14.3. The number of hydrogen-bond donors (Lipinski definition) is 0. The summed E-state index contributed by atoms with van der Waals surface area (Å²) < 4.78 is 29.5. The second kappa shape index (κ2) is 6.81. The fourth-order valence-electron chi connectivity index (χ4n) is 2.32. The summed E-state index contributed by atoms with van der Waals surface area (Å²) in [5, 5.41) is 0.644. The lowest BCUT2D eigenvalue weighted by molar-refractivity contribution is 0.564. The molecule has 0 spiro atoms. The predicted octanol–water partition coefficient (Wildman–Crippen LogP) is 5.22. The minimum atomic E-state index is -0.580. The number of imidazole rings is 1. The third-order valence-electron chi connectivity index (χ3n) is 3.50. The summed E-state index contributed by atoms with van der Waals surface area (Å²) >= 11 is 9.39. The summed E-state index contributed by atoms with van der Waals surface area (Å²) in [6, 6.07) is 9.26. The van der Waals surface area contributed by atoms with Crippen LogP contribution in [0.3, 0.4) is 0 Å². The van der Waals surface area contributed by atoms with Crippen molar-refractivity contribution in [1.29, 1.82) is 0 Å². The van der Waals surface area contributed by atoms with Crippen molar-refractivity contribution in [2.45, 2.75) is 13.0 Å².